The molecular weight excluding hydrogens is 242 g/mol. The molecule has 0 aliphatic rings. The number of nitrogen functional groups attached to an aromatic ring is 1. The number of anilines is 2. The van der Waals surface area contributed by atoms with Crippen LogP contribution in [0, 0.1) is 0 Å². The van der Waals surface area contributed by atoms with Crippen LogP contribution in [-0.4, -0.2) is 39.3 Å². The van der Waals surface area contributed by atoms with Gasteiger partial charge in [-0.25, -0.2) is 0 Å². The summed E-state index contributed by atoms with van der Waals surface area (Å²) in [6.45, 7) is 4.46. The van der Waals surface area contributed by atoms with Gasteiger partial charge in [-0.1, -0.05) is 0 Å². The molecule has 0 bridgehead atoms. The van der Waals surface area contributed by atoms with Gasteiger partial charge in [0.2, 0.25) is 5.91 Å². The fourth-order valence-corrected chi connectivity index (χ4v) is 1.74. The highest BCUT2D eigenvalue weighted by Gasteiger charge is 2.09. The van der Waals surface area contributed by atoms with Gasteiger partial charge in [0.15, 0.2) is 0 Å². The minimum atomic E-state index is 0.0229. The van der Waals surface area contributed by atoms with Crippen molar-refractivity contribution in [1.82, 2.24) is 5.32 Å². The number of ether oxygens (including phenoxy) is 1. The third kappa shape index (κ3) is 5.61. The van der Waals surface area contributed by atoms with Crippen LogP contribution in [0.1, 0.15) is 13.3 Å². The molecule has 0 unspecified atom stereocenters. The van der Waals surface area contributed by atoms with Gasteiger partial charge in [0.1, 0.15) is 0 Å². The van der Waals surface area contributed by atoms with Crippen molar-refractivity contribution >= 4 is 17.3 Å². The zero-order valence-corrected chi connectivity index (χ0v) is 11.7. The van der Waals surface area contributed by atoms with Gasteiger partial charge < -0.3 is 20.7 Å². The van der Waals surface area contributed by atoms with Crippen molar-refractivity contribution < 1.29 is 9.53 Å². The Kier molecular flexibility index (Phi) is 6.74. The third-order valence-corrected chi connectivity index (χ3v) is 2.82. The van der Waals surface area contributed by atoms with Gasteiger partial charge in [0.05, 0.1) is 6.54 Å². The molecule has 0 saturated heterocycles. The van der Waals surface area contributed by atoms with Crippen LogP contribution in [0.15, 0.2) is 24.3 Å². The molecule has 1 rings (SSSR count). The van der Waals surface area contributed by atoms with E-state index in [1.54, 1.807) is 7.11 Å². The van der Waals surface area contributed by atoms with E-state index in [0.717, 1.165) is 24.3 Å². The molecule has 3 N–H and O–H groups in total. The molecule has 0 atom stereocenters. The molecule has 1 aromatic rings. The Bertz CT molecular complexity index is 379. The van der Waals surface area contributed by atoms with E-state index in [2.05, 4.69) is 5.32 Å². The molecular formula is C14H23N3O2. The van der Waals surface area contributed by atoms with Gasteiger partial charge >= 0.3 is 0 Å². The van der Waals surface area contributed by atoms with Crippen molar-refractivity contribution in [2.75, 3.05) is 44.0 Å². The van der Waals surface area contributed by atoms with Crippen molar-refractivity contribution in [3.8, 4) is 0 Å². The molecule has 0 saturated carbocycles. The number of likely N-dealkylation sites (N-methyl/N-ethyl adjacent to an activating group) is 1. The van der Waals surface area contributed by atoms with Gasteiger partial charge in [-0.2, -0.15) is 0 Å². The van der Waals surface area contributed by atoms with Crippen molar-refractivity contribution in [2.24, 2.45) is 0 Å². The zero-order valence-electron chi connectivity index (χ0n) is 11.7. The van der Waals surface area contributed by atoms with Crippen LogP contribution in [0.2, 0.25) is 0 Å². The molecule has 0 spiro atoms. The Morgan fingerprint density at radius 3 is 2.63 bits per heavy atom. The maximum absolute atomic E-state index is 11.8. The van der Waals surface area contributed by atoms with E-state index in [4.69, 9.17) is 10.5 Å². The van der Waals surface area contributed by atoms with E-state index in [-0.39, 0.29) is 5.91 Å². The number of methoxy groups -OCH3 is 1. The molecule has 0 aliphatic heterocycles. The summed E-state index contributed by atoms with van der Waals surface area (Å²) in [5.74, 6) is 0.0229. The van der Waals surface area contributed by atoms with E-state index < -0.39 is 0 Å². The summed E-state index contributed by atoms with van der Waals surface area (Å²) in [5, 5.41) is 2.88. The monoisotopic (exact) mass is 265 g/mol. The molecule has 0 aliphatic carbocycles. The van der Waals surface area contributed by atoms with Crippen LogP contribution in [0.3, 0.4) is 0 Å². The Hall–Kier alpha value is -1.75. The lowest BCUT2D eigenvalue weighted by Crippen LogP contribution is -2.37. The second kappa shape index (κ2) is 8.37. The molecule has 106 valence electrons. The minimum Gasteiger partial charge on any atom is -0.399 e. The van der Waals surface area contributed by atoms with E-state index >= 15 is 0 Å². The Morgan fingerprint density at radius 2 is 2.05 bits per heavy atom. The lowest BCUT2D eigenvalue weighted by atomic mass is 10.2. The van der Waals surface area contributed by atoms with Crippen LogP contribution < -0.4 is 16.0 Å². The topological polar surface area (TPSA) is 67.6 Å². The lowest BCUT2D eigenvalue weighted by molar-refractivity contribution is -0.119. The first-order valence-corrected chi connectivity index (χ1v) is 6.53. The van der Waals surface area contributed by atoms with E-state index in [9.17, 15) is 4.79 Å². The fraction of sp³-hybridized carbons (Fsp3) is 0.500. The number of nitrogens with zero attached hydrogens (tertiary/aromatic N) is 1. The summed E-state index contributed by atoms with van der Waals surface area (Å²) in [5.41, 5.74) is 7.38. The first-order valence-electron chi connectivity index (χ1n) is 6.53. The van der Waals surface area contributed by atoms with E-state index in [0.29, 0.717) is 19.7 Å². The van der Waals surface area contributed by atoms with E-state index in [1.807, 2.05) is 36.1 Å². The molecule has 0 heterocycles. The molecule has 1 amide bonds. The molecule has 0 aromatic heterocycles. The smallest absolute Gasteiger partial charge is 0.239 e. The fourth-order valence-electron chi connectivity index (χ4n) is 1.74. The molecule has 1 aromatic carbocycles. The number of nitrogens with one attached hydrogen (secondary N) is 1. The number of benzene rings is 1. The number of carbonyl (C=O) groups is 1. The van der Waals surface area contributed by atoms with Crippen LogP contribution in [0.5, 0.6) is 0 Å². The normalized spacial score (nSPS) is 10.2. The Labute approximate surface area is 114 Å². The molecule has 0 fully saturated rings. The third-order valence-electron chi connectivity index (χ3n) is 2.82. The Balaban J connectivity index is 2.43. The highest BCUT2D eigenvalue weighted by Crippen LogP contribution is 2.15. The standard InChI is InChI=1S/C14H23N3O2/c1-3-17(13-7-5-12(15)6-8-13)11-14(18)16-9-4-10-19-2/h5-8H,3-4,9-11,15H2,1-2H3,(H,16,18). The predicted octanol–water partition coefficient (Wildman–Crippen LogP) is 1.25. The summed E-state index contributed by atoms with van der Waals surface area (Å²) in [6.07, 6.45) is 0.830. The maximum Gasteiger partial charge on any atom is 0.239 e. The van der Waals surface area contributed by atoms with Crippen LogP contribution in [0.25, 0.3) is 0 Å². The van der Waals surface area contributed by atoms with Gasteiger partial charge in [0.25, 0.3) is 0 Å². The van der Waals surface area contributed by atoms with Crippen molar-refractivity contribution in [3.05, 3.63) is 24.3 Å². The number of amides is 1. The number of carbonyl (C=O) groups excluding carboxylic acids is 1. The first-order chi connectivity index (χ1) is 9.17. The molecule has 5 nitrogen and oxygen atoms in total. The Morgan fingerprint density at radius 1 is 1.37 bits per heavy atom. The average Bonchev–Trinajstić information content (AvgIpc) is 2.42. The molecule has 0 radical (unpaired) electrons. The van der Waals surface area contributed by atoms with E-state index in [1.165, 1.54) is 0 Å². The SMILES string of the molecule is CCN(CC(=O)NCCCOC)c1ccc(N)cc1. The lowest BCUT2D eigenvalue weighted by Gasteiger charge is -2.22. The number of hydrogen-bond acceptors (Lipinski definition) is 4. The minimum absolute atomic E-state index is 0.0229. The summed E-state index contributed by atoms with van der Waals surface area (Å²) in [6, 6.07) is 7.54. The van der Waals surface area contributed by atoms with Crippen LogP contribution in [-0.2, 0) is 9.53 Å². The maximum atomic E-state index is 11.8. The second-order valence-electron chi connectivity index (χ2n) is 4.30. The second-order valence-corrected chi connectivity index (χ2v) is 4.30. The van der Waals surface area contributed by atoms with Crippen molar-refractivity contribution in [3.63, 3.8) is 0 Å². The predicted molar refractivity (Wildman–Crippen MR) is 78.2 cm³/mol. The highest BCUT2D eigenvalue weighted by atomic mass is 16.5. The van der Waals surface area contributed by atoms with Crippen LogP contribution >= 0.6 is 0 Å². The van der Waals surface area contributed by atoms with Gasteiger partial charge in [-0.05, 0) is 37.6 Å². The number of nitrogens with two attached hydrogens (primary N) is 1. The summed E-state index contributed by atoms with van der Waals surface area (Å²) >= 11 is 0. The average molecular weight is 265 g/mol. The summed E-state index contributed by atoms with van der Waals surface area (Å²) in [4.78, 5) is 13.8. The summed E-state index contributed by atoms with van der Waals surface area (Å²) in [7, 11) is 1.65. The summed E-state index contributed by atoms with van der Waals surface area (Å²) < 4.78 is 4.93. The number of rotatable bonds is 8. The molecule has 19 heavy (non-hydrogen) atoms. The van der Waals surface area contributed by atoms with Gasteiger partial charge in [-0.15, -0.1) is 0 Å². The van der Waals surface area contributed by atoms with Gasteiger partial charge in [-0.3, -0.25) is 4.79 Å². The highest BCUT2D eigenvalue weighted by molar-refractivity contribution is 5.81. The first kappa shape index (κ1) is 15.3. The molecule has 5 heteroatoms. The zero-order chi connectivity index (χ0) is 14.1. The van der Waals surface area contributed by atoms with Crippen LogP contribution in [0.4, 0.5) is 11.4 Å². The number of hydrogen-bond donors (Lipinski definition) is 2. The quantitative estimate of drug-likeness (QED) is 0.548. The largest absolute Gasteiger partial charge is 0.399 e. The van der Waals surface area contributed by atoms with Gasteiger partial charge in [0, 0.05) is 38.2 Å². The van der Waals surface area contributed by atoms with Crippen molar-refractivity contribution in [1.29, 1.82) is 0 Å². The van der Waals surface area contributed by atoms with Crippen molar-refractivity contribution in [2.45, 2.75) is 13.3 Å².